The van der Waals surface area contributed by atoms with Gasteiger partial charge >= 0.3 is 0 Å². The Labute approximate surface area is 96.4 Å². The molecule has 0 heterocycles. The number of non-ortho nitro benzene ring substituents is 1. The molecule has 6 heteroatoms. The molecule has 0 aliphatic heterocycles. The van der Waals surface area contributed by atoms with Gasteiger partial charge in [0.2, 0.25) is 0 Å². The van der Waals surface area contributed by atoms with E-state index in [2.05, 4.69) is 0 Å². The smallest absolute Gasteiger partial charge is 0.270 e. The number of hydrogen-bond donors (Lipinski definition) is 1. The Morgan fingerprint density at radius 2 is 2.27 bits per heavy atom. The summed E-state index contributed by atoms with van der Waals surface area (Å²) in [7, 11) is 0. The topological polar surface area (TPSA) is 63.4 Å². The van der Waals surface area contributed by atoms with Gasteiger partial charge in [-0.3, -0.25) is 10.1 Å². The molecule has 0 aliphatic rings. The lowest BCUT2D eigenvalue weighted by molar-refractivity contribution is -0.384. The molecule has 82 valence electrons. The van der Waals surface area contributed by atoms with Crippen LogP contribution in [0.2, 0.25) is 5.02 Å². The standard InChI is InChI=1S/C9H10ClNO3S/c10-8-6-7(11(13)14)2-3-9(8)15-5-1-4-12/h2-3,6,12H,1,4-5H2. The molecule has 1 aromatic carbocycles. The van der Waals surface area contributed by atoms with Crippen molar-refractivity contribution in [1.29, 1.82) is 0 Å². The van der Waals surface area contributed by atoms with Gasteiger partial charge in [-0.2, -0.15) is 0 Å². The highest BCUT2D eigenvalue weighted by Gasteiger charge is 2.09. The van der Waals surface area contributed by atoms with Crippen LogP contribution in [0.4, 0.5) is 5.69 Å². The Morgan fingerprint density at radius 1 is 1.53 bits per heavy atom. The Morgan fingerprint density at radius 3 is 2.80 bits per heavy atom. The van der Waals surface area contributed by atoms with E-state index in [0.29, 0.717) is 11.4 Å². The number of nitro benzene ring substituents is 1. The average Bonchev–Trinajstić information content (AvgIpc) is 2.20. The monoisotopic (exact) mass is 247 g/mol. The Hall–Kier alpha value is -0.780. The van der Waals surface area contributed by atoms with Crippen molar-refractivity contribution in [3.63, 3.8) is 0 Å². The van der Waals surface area contributed by atoms with Gasteiger partial charge in [0, 0.05) is 29.4 Å². The van der Waals surface area contributed by atoms with E-state index in [1.54, 1.807) is 6.07 Å². The third kappa shape index (κ3) is 3.70. The fraction of sp³-hybridized carbons (Fsp3) is 0.333. The number of aliphatic hydroxyl groups excluding tert-OH is 1. The third-order valence-electron chi connectivity index (χ3n) is 1.69. The van der Waals surface area contributed by atoms with Crippen molar-refractivity contribution < 1.29 is 10.0 Å². The first-order chi connectivity index (χ1) is 7.15. The first-order valence-electron chi connectivity index (χ1n) is 4.32. The van der Waals surface area contributed by atoms with Crippen molar-refractivity contribution >= 4 is 29.1 Å². The van der Waals surface area contributed by atoms with E-state index in [1.807, 2.05) is 0 Å². The maximum Gasteiger partial charge on any atom is 0.270 e. The summed E-state index contributed by atoms with van der Waals surface area (Å²) in [5.41, 5.74) is -0.00786. The van der Waals surface area contributed by atoms with E-state index < -0.39 is 4.92 Å². The molecule has 0 fully saturated rings. The van der Waals surface area contributed by atoms with Crippen LogP contribution >= 0.6 is 23.4 Å². The molecule has 0 radical (unpaired) electrons. The molecule has 0 aliphatic carbocycles. The zero-order valence-electron chi connectivity index (χ0n) is 7.85. The van der Waals surface area contributed by atoms with Gasteiger partial charge in [0.1, 0.15) is 0 Å². The van der Waals surface area contributed by atoms with E-state index in [9.17, 15) is 10.1 Å². The van der Waals surface area contributed by atoms with Crippen LogP contribution in [0, 0.1) is 10.1 Å². The first kappa shape index (κ1) is 12.3. The second kappa shape index (κ2) is 5.95. The van der Waals surface area contributed by atoms with Crippen LogP contribution in [0.3, 0.4) is 0 Å². The number of thioether (sulfide) groups is 1. The van der Waals surface area contributed by atoms with Crippen molar-refractivity contribution in [2.45, 2.75) is 11.3 Å². The molecule has 0 aromatic heterocycles. The van der Waals surface area contributed by atoms with Gasteiger partial charge in [0.25, 0.3) is 5.69 Å². The van der Waals surface area contributed by atoms with Gasteiger partial charge in [-0.15, -0.1) is 11.8 Å². The number of hydrogen-bond acceptors (Lipinski definition) is 4. The molecule has 1 aromatic rings. The quantitative estimate of drug-likeness (QED) is 0.376. The van der Waals surface area contributed by atoms with Gasteiger partial charge in [0.15, 0.2) is 0 Å². The fourth-order valence-electron chi connectivity index (χ4n) is 0.967. The lowest BCUT2D eigenvalue weighted by Gasteiger charge is -2.02. The minimum absolute atomic E-state index is 0.00786. The van der Waals surface area contributed by atoms with Gasteiger partial charge in [-0.05, 0) is 12.5 Å². The summed E-state index contributed by atoms with van der Waals surface area (Å²) < 4.78 is 0. The van der Waals surface area contributed by atoms with Crippen LogP contribution in [0.15, 0.2) is 23.1 Å². The molecule has 0 unspecified atom stereocenters. The molecule has 0 saturated carbocycles. The minimum Gasteiger partial charge on any atom is -0.396 e. The van der Waals surface area contributed by atoms with Gasteiger partial charge in [-0.25, -0.2) is 0 Å². The van der Waals surface area contributed by atoms with E-state index >= 15 is 0 Å². The summed E-state index contributed by atoms with van der Waals surface area (Å²) in [6.07, 6.45) is 0.679. The van der Waals surface area contributed by atoms with Crippen LogP contribution < -0.4 is 0 Å². The van der Waals surface area contributed by atoms with Crippen molar-refractivity contribution in [2.75, 3.05) is 12.4 Å². The van der Waals surface area contributed by atoms with Crippen molar-refractivity contribution in [1.82, 2.24) is 0 Å². The second-order valence-corrected chi connectivity index (χ2v) is 4.34. The minimum atomic E-state index is -0.478. The largest absolute Gasteiger partial charge is 0.396 e. The number of rotatable bonds is 5. The number of nitro groups is 1. The van der Waals surface area contributed by atoms with Crippen LogP contribution in [0.1, 0.15) is 6.42 Å². The highest BCUT2D eigenvalue weighted by atomic mass is 35.5. The summed E-state index contributed by atoms with van der Waals surface area (Å²) in [5, 5.41) is 19.4. The lowest BCUT2D eigenvalue weighted by atomic mass is 10.3. The highest BCUT2D eigenvalue weighted by molar-refractivity contribution is 7.99. The molecular weight excluding hydrogens is 238 g/mol. The molecular formula is C9H10ClNO3S. The van der Waals surface area contributed by atoms with Crippen molar-refractivity contribution in [3.8, 4) is 0 Å². The normalized spacial score (nSPS) is 10.3. The van der Waals surface area contributed by atoms with Gasteiger partial charge in [0.05, 0.1) is 9.95 Å². The Bertz CT molecular complexity index is 359. The number of halogens is 1. The van der Waals surface area contributed by atoms with Crippen molar-refractivity contribution in [3.05, 3.63) is 33.3 Å². The Balaban J connectivity index is 2.70. The summed E-state index contributed by atoms with van der Waals surface area (Å²) in [6, 6.07) is 4.39. The fourth-order valence-corrected chi connectivity index (χ4v) is 2.16. The van der Waals surface area contributed by atoms with Crippen LogP contribution in [-0.4, -0.2) is 22.4 Å². The van der Waals surface area contributed by atoms with E-state index in [0.717, 1.165) is 10.6 Å². The molecule has 0 bridgehead atoms. The molecule has 4 nitrogen and oxygen atoms in total. The first-order valence-corrected chi connectivity index (χ1v) is 5.69. The lowest BCUT2D eigenvalue weighted by Crippen LogP contribution is -1.89. The zero-order chi connectivity index (χ0) is 11.3. The van der Waals surface area contributed by atoms with Gasteiger partial charge in [-0.1, -0.05) is 11.6 Å². The van der Waals surface area contributed by atoms with E-state index in [1.165, 1.54) is 23.9 Å². The zero-order valence-corrected chi connectivity index (χ0v) is 9.42. The molecule has 0 spiro atoms. The molecule has 15 heavy (non-hydrogen) atoms. The summed E-state index contributed by atoms with van der Waals surface area (Å²) in [4.78, 5) is 10.8. The van der Waals surface area contributed by atoms with Crippen LogP contribution in [0.25, 0.3) is 0 Å². The summed E-state index contributed by atoms with van der Waals surface area (Å²) in [5.74, 6) is 0.744. The SMILES string of the molecule is O=[N+]([O-])c1ccc(SCCCO)c(Cl)c1. The summed E-state index contributed by atoms with van der Waals surface area (Å²) >= 11 is 7.34. The number of benzene rings is 1. The predicted molar refractivity (Wildman–Crippen MR) is 60.5 cm³/mol. The molecule has 1 N–H and O–H groups in total. The van der Waals surface area contributed by atoms with Crippen LogP contribution in [0.5, 0.6) is 0 Å². The van der Waals surface area contributed by atoms with Crippen molar-refractivity contribution in [2.24, 2.45) is 0 Å². The molecule has 0 amide bonds. The molecule has 0 atom stereocenters. The van der Waals surface area contributed by atoms with Crippen LogP contribution in [-0.2, 0) is 0 Å². The maximum atomic E-state index is 10.4. The summed E-state index contributed by atoms with van der Waals surface area (Å²) in [6.45, 7) is 0.137. The Kier molecular flexibility index (Phi) is 4.87. The number of aliphatic hydroxyl groups is 1. The van der Waals surface area contributed by atoms with E-state index in [-0.39, 0.29) is 12.3 Å². The highest BCUT2D eigenvalue weighted by Crippen LogP contribution is 2.30. The predicted octanol–water partition coefficient (Wildman–Crippen LogP) is 2.72. The van der Waals surface area contributed by atoms with Gasteiger partial charge < -0.3 is 5.11 Å². The number of nitrogens with zero attached hydrogens (tertiary/aromatic N) is 1. The molecule has 0 saturated heterocycles. The van der Waals surface area contributed by atoms with E-state index in [4.69, 9.17) is 16.7 Å². The second-order valence-electron chi connectivity index (χ2n) is 2.80. The average molecular weight is 248 g/mol. The molecule has 1 rings (SSSR count). The maximum absolute atomic E-state index is 10.4. The third-order valence-corrected chi connectivity index (χ3v) is 3.27.